The fraction of sp³-hybridized carbons (Fsp3) is 0.533. The first-order valence-corrected chi connectivity index (χ1v) is 9.47. The van der Waals surface area contributed by atoms with Crippen molar-refractivity contribution in [2.24, 2.45) is 0 Å². The first-order valence-electron chi connectivity index (χ1n) is 7.82. The molecule has 0 saturated carbocycles. The van der Waals surface area contributed by atoms with E-state index >= 15 is 0 Å². The summed E-state index contributed by atoms with van der Waals surface area (Å²) < 4.78 is 33.2. The maximum absolute atomic E-state index is 11.6. The fourth-order valence-electron chi connectivity index (χ4n) is 2.90. The average molecular weight is 338 g/mol. The highest BCUT2D eigenvalue weighted by Gasteiger charge is 2.26. The highest BCUT2D eigenvalue weighted by molar-refractivity contribution is 7.89. The van der Waals surface area contributed by atoms with Crippen molar-refractivity contribution in [3.05, 3.63) is 42.1 Å². The van der Waals surface area contributed by atoms with Crippen molar-refractivity contribution >= 4 is 10.0 Å². The van der Waals surface area contributed by atoms with E-state index in [4.69, 9.17) is 4.42 Å². The second kappa shape index (κ2) is 6.86. The number of hydrogen-bond acceptors (Lipinski definition) is 5. The fourth-order valence-corrected chi connectivity index (χ4v) is 3.54. The highest BCUT2D eigenvalue weighted by Crippen LogP contribution is 2.24. The van der Waals surface area contributed by atoms with Crippen LogP contribution in [0.4, 0.5) is 0 Å². The van der Waals surface area contributed by atoms with Gasteiger partial charge in [-0.15, -0.1) is 0 Å². The molecule has 8 heteroatoms. The van der Waals surface area contributed by atoms with Crippen molar-refractivity contribution in [2.45, 2.75) is 32.5 Å². The summed E-state index contributed by atoms with van der Waals surface area (Å²) in [5, 5.41) is 4.39. The third kappa shape index (κ3) is 4.01. The van der Waals surface area contributed by atoms with E-state index in [2.05, 4.69) is 14.7 Å². The molecule has 3 heterocycles. The molecular formula is C15H22N4O3S. The van der Waals surface area contributed by atoms with Gasteiger partial charge in [-0.3, -0.25) is 9.58 Å². The van der Waals surface area contributed by atoms with Crippen LogP contribution in [-0.4, -0.2) is 41.9 Å². The van der Waals surface area contributed by atoms with Crippen molar-refractivity contribution in [1.82, 2.24) is 19.4 Å². The zero-order valence-electron chi connectivity index (χ0n) is 13.2. The molecule has 0 saturated heterocycles. The van der Waals surface area contributed by atoms with Crippen LogP contribution in [0.5, 0.6) is 0 Å². The predicted octanol–water partition coefficient (Wildman–Crippen LogP) is 1.36. The van der Waals surface area contributed by atoms with Gasteiger partial charge < -0.3 is 4.42 Å². The van der Waals surface area contributed by atoms with Gasteiger partial charge in [-0.05, 0) is 31.5 Å². The lowest BCUT2D eigenvalue weighted by Gasteiger charge is -2.33. The van der Waals surface area contributed by atoms with Gasteiger partial charge in [-0.1, -0.05) is 0 Å². The molecule has 3 rings (SSSR count). The van der Waals surface area contributed by atoms with E-state index in [1.165, 1.54) is 0 Å². The summed E-state index contributed by atoms with van der Waals surface area (Å²) in [6.45, 7) is 4.45. The zero-order valence-corrected chi connectivity index (χ0v) is 14.0. The summed E-state index contributed by atoms with van der Waals surface area (Å²) in [6.07, 6.45) is 4.19. The Morgan fingerprint density at radius 3 is 3.04 bits per heavy atom. The summed E-state index contributed by atoms with van der Waals surface area (Å²) in [5.41, 5.74) is 1.14. The maximum Gasteiger partial charge on any atom is 0.211 e. The Bertz CT molecular complexity index is 724. The molecular weight excluding hydrogens is 316 g/mol. The Morgan fingerprint density at radius 2 is 2.30 bits per heavy atom. The van der Waals surface area contributed by atoms with E-state index in [9.17, 15) is 8.42 Å². The van der Waals surface area contributed by atoms with E-state index in [1.54, 1.807) is 19.4 Å². The number of fused-ring (bicyclic) bond motifs is 1. The number of rotatable bonds is 7. The second-order valence-corrected chi connectivity index (χ2v) is 7.85. The smallest absolute Gasteiger partial charge is 0.211 e. The number of hydrogen-bond donors (Lipinski definition) is 1. The molecule has 0 unspecified atom stereocenters. The third-order valence-corrected chi connectivity index (χ3v) is 5.50. The second-order valence-electron chi connectivity index (χ2n) is 5.76. The van der Waals surface area contributed by atoms with Crippen molar-refractivity contribution in [2.75, 3.05) is 18.8 Å². The van der Waals surface area contributed by atoms with Gasteiger partial charge in [0.2, 0.25) is 10.0 Å². The molecule has 23 heavy (non-hydrogen) atoms. The van der Waals surface area contributed by atoms with Crippen molar-refractivity contribution in [3.8, 4) is 0 Å². The van der Waals surface area contributed by atoms with Crippen molar-refractivity contribution in [3.63, 3.8) is 0 Å². The summed E-state index contributed by atoms with van der Waals surface area (Å²) in [5.74, 6) is 1.04. The van der Waals surface area contributed by atoms with E-state index < -0.39 is 10.0 Å². The molecule has 0 bridgehead atoms. The SMILES string of the molecule is CCS(=O)(=O)NCC[C@H]1CN(Cc2ccco2)Cc2ccnn21. The minimum Gasteiger partial charge on any atom is -0.468 e. The summed E-state index contributed by atoms with van der Waals surface area (Å²) in [4.78, 5) is 2.30. The van der Waals surface area contributed by atoms with Gasteiger partial charge in [-0.25, -0.2) is 13.1 Å². The van der Waals surface area contributed by atoms with Gasteiger partial charge in [-0.2, -0.15) is 5.10 Å². The van der Waals surface area contributed by atoms with Gasteiger partial charge in [0.25, 0.3) is 0 Å². The maximum atomic E-state index is 11.6. The van der Waals surface area contributed by atoms with E-state index in [1.807, 2.05) is 22.9 Å². The molecule has 0 aliphatic carbocycles. The Kier molecular flexibility index (Phi) is 4.84. The van der Waals surface area contributed by atoms with E-state index in [-0.39, 0.29) is 11.8 Å². The first kappa shape index (κ1) is 16.2. The molecule has 1 aliphatic rings. The molecule has 0 radical (unpaired) electrons. The lowest BCUT2D eigenvalue weighted by Crippen LogP contribution is -2.39. The topological polar surface area (TPSA) is 80.4 Å². The Balaban J connectivity index is 1.64. The summed E-state index contributed by atoms with van der Waals surface area (Å²) in [6, 6.07) is 6.03. The minimum absolute atomic E-state index is 0.106. The molecule has 126 valence electrons. The normalized spacial score (nSPS) is 18.9. The Morgan fingerprint density at radius 1 is 1.43 bits per heavy atom. The zero-order chi connectivity index (χ0) is 16.3. The molecule has 0 spiro atoms. The largest absolute Gasteiger partial charge is 0.468 e. The van der Waals surface area contributed by atoms with Gasteiger partial charge in [0.15, 0.2) is 0 Å². The van der Waals surface area contributed by atoms with E-state index in [0.29, 0.717) is 13.0 Å². The van der Waals surface area contributed by atoms with Gasteiger partial charge >= 0.3 is 0 Å². The Labute approximate surface area is 136 Å². The molecule has 0 aromatic carbocycles. The third-order valence-electron chi connectivity index (χ3n) is 4.09. The number of aromatic nitrogens is 2. The number of sulfonamides is 1. The standard InChI is InChI=1S/C15H22N4O3S/c1-2-23(20,21)17-8-6-14-11-18(12-15-4-3-9-22-15)10-13-5-7-16-19(13)14/h3-5,7,9,14,17H,2,6,8,10-12H2,1H3/t14-/m0/s1. The van der Waals surface area contributed by atoms with Crippen LogP contribution in [0.15, 0.2) is 35.1 Å². The minimum atomic E-state index is -3.15. The molecule has 1 aliphatic heterocycles. The van der Waals surface area contributed by atoms with E-state index in [0.717, 1.165) is 31.1 Å². The number of nitrogens with one attached hydrogen (secondary N) is 1. The Hall–Kier alpha value is -1.64. The predicted molar refractivity (Wildman–Crippen MR) is 86.2 cm³/mol. The van der Waals surface area contributed by atoms with Crippen LogP contribution in [0.2, 0.25) is 0 Å². The van der Waals surface area contributed by atoms with Crippen LogP contribution in [-0.2, 0) is 23.1 Å². The van der Waals surface area contributed by atoms with Gasteiger partial charge in [0, 0.05) is 25.8 Å². The highest BCUT2D eigenvalue weighted by atomic mass is 32.2. The average Bonchev–Trinajstić information content (AvgIpc) is 3.18. The monoisotopic (exact) mass is 338 g/mol. The molecule has 2 aromatic heterocycles. The van der Waals surface area contributed by atoms with Crippen LogP contribution in [0.1, 0.15) is 30.8 Å². The van der Waals surface area contributed by atoms with Crippen LogP contribution in [0.3, 0.4) is 0 Å². The van der Waals surface area contributed by atoms with Crippen molar-refractivity contribution < 1.29 is 12.8 Å². The van der Waals surface area contributed by atoms with Crippen LogP contribution in [0.25, 0.3) is 0 Å². The van der Waals surface area contributed by atoms with Crippen LogP contribution < -0.4 is 4.72 Å². The number of nitrogens with zero attached hydrogens (tertiary/aromatic N) is 3. The summed E-state index contributed by atoms with van der Waals surface area (Å²) >= 11 is 0. The molecule has 0 amide bonds. The molecule has 2 aromatic rings. The lowest BCUT2D eigenvalue weighted by molar-refractivity contribution is 0.152. The molecule has 1 atom stereocenters. The molecule has 1 N–H and O–H groups in total. The number of furan rings is 1. The van der Waals surface area contributed by atoms with Crippen LogP contribution >= 0.6 is 0 Å². The lowest BCUT2D eigenvalue weighted by atomic mass is 10.1. The molecule has 0 fully saturated rings. The van der Waals surface area contributed by atoms with Crippen LogP contribution in [0, 0.1) is 0 Å². The molecule has 7 nitrogen and oxygen atoms in total. The summed E-state index contributed by atoms with van der Waals surface area (Å²) in [7, 11) is -3.15. The van der Waals surface area contributed by atoms with Gasteiger partial charge in [0.05, 0.1) is 30.3 Å². The van der Waals surface area contributed by atoms with Crippen molar-refractivity contribution in [1.29, 1.82) is 0 Å². The van der Waals surface area contributed by atoms with Gasteiger partial charge in [0.1, 0.15) is 5.76 Å². The quantitative estimate of drug-likeness (QED) is 0.824. The first-order chi connectivity index (χ1) is 11.1.